The van der Waals surface area contributed by atoms with Gasteiger partial charge in [-0.1, -0.05) is 207 Å². The summed E-state index contributed by atoms with van der Waals surface area (Å²) in [6, 6.07) is 15.0. The van der Waals surface area contributed by atoms with Gasteiger partial charge in [-0.2, -0.15) is 0 Å². The number of furan rings is 2. The Morgan fingerprint density at radius 1 is 0.392 bits per heavy atom. The number of aromatic nitrogens is 2. The molecule has 2 atom stereocenters. The number of hydrogen-bond acceptors (Lipinski definition) is 8. The van der Waals surface area contributed by atoms with Gasteiger partial charge in [-0.15, -0.1) is 0 Å². The lowest BCUT2D eigenvalue weighted by molar-refractivity contribution is -0.124. The lowest BCUT2D eigenvalue weighted by atomic mass is 9.93. The SMILES string of the molecule is CCCCCCCCCCC(CCCCCCCC)CN1C(=O)C2=C(c3ccc(-c4ccc(N)nc4)o3)N(CC(CCCCCCCC)CCCCCCCCCC)C(=O)C2=C1c1ccc(-c2ccc(N)nc2)o1. The van der Waals surface area contributed by atoms with Crippen LogP contribution in [0.2, 0.25) is 0 Å². The maximum absolute atomic E-state index is 15.8. The molecule has 4 aromatic heterocycles. The van der Waals surface area contributed by atoms with E-state index in [0.717, 1.165) is 62.5 Å². The van der Waals surface area contributed by atoms with Crippen LogP contribution in [0.3, 0.4) is 0 Å². The number of nitrogens with zero attached hydrogens (tertiary/aromatic N) is 4. The van der Waals surface area contributed by atoms with Crippen molar-refractivity contribution >= 4 is 34.8 Å². The van der Waals surface area contributed by atoms with Crippen LogP contribution >= 0.6 is 0 Å². The van der Waals surface area contributed by atoms with Gasteiger partial charge in [0, 0.05) is 36.6 Å². The van der Waals surface area contributed by atoms with Crippen LogP contribution in [0.25, 0.3) is 34.0 Å². The lowest BCUT2D eigenvalue weighted by Gasteiger charge is -2.29. The third-order valence-corrected chi connectivity index (χ3v) is 15.7. The van der Waals surface area contributed by atoms with Gasteiger partial charge in [0.05, 0.1) is 11.1 Å². The van der Waals surface area contributed by atoms with Crippen LogP contribution in [0.5, 0.6) is 0 Å². The van der Waals surface area contributed by atoms with Crippen molar-refractivity contribution in [3.05, 3.63) is 83.6 Å². The Morgan fingerprint density at radius 3 is 0.959 bits per heavy atom. The van der Waals surface area contributed by atoms with Crippen molar-refractivity contribution in [3.63, 3.8) is 0 Å². The fourth-order valence-electron chi connectivity index (χ4n) is 11.3. The summed E-state index contributed by atoms with van der Waals surface area (Å²) in [5.41, 5.74) is 15.5. The number of nitrogen functional groups attached to an aromatic ring is 2. The second-order valence-electron chi connectivity index (χ2n) is 21.9. The van der Waals surface area contributed by atoms with Gasteiger partial charge in [0.25, 0.3) is 11.8 Å². The molecule has 2 amide bonds. The number of hydrogen-bond donors (Lipinski definition) is 2. The van der Waals surface area contributed by atoms with E-state index < -0.39 is 0 Å². The third-order valence-electron chi connectivity index (χ3n) is 15.7. The van der Waals surface area contributed by atoms with Gasteiger partial charge in [0.1, 0.15) is 34.6 Å². The Morgan fingerprint density at radius 2 is 0.676 bits per heavy atom. The average molecular weight is 1010 g/mol. The molecule has 6 heterocycles. The molecule has 2 aliphatic heterocycles. The molecule has 6 rings (SSSR count). The number of unbranched alkanes of at least 4 members (excludes halogenated alkanes) is 24. The zero-order chi connectivity index (χ0) is 52.3. The number of amides is 2. The number of fused-ring (bicyclic) bond motifs is 1. The van der Waals surface area contributed by atoms with Crippen LogP contribution in [0.4, 0.5) is 11.6 Å². The highest BCUT2D eigenvalue weighted by atomic mass is 16.3. The molecule has 0 bridgehead atoms. The van der Waals surface area contributed by atoms with Gasteiger partial charge in [0.15, 0.2) is 11.5 Å². The van der Waals surface area contributed by atoms with Crippen molar-refractivity contribution in [2.45, 2.75) is 233 Å². The predicted molar refractivity (Wildman–Crippen MR) is 307 cm³/mol. The largest absolute Gasteiger partial charge is 0.454 e. The van der Waals surface area contributed by atoms with Crippen LogP contribution < -0.4 is 11.5 Å². The number of pyridine rings is 2. The summed E-state index contributed by atoms with van der Waals surface area (Å²) in [6.45, 7) is 10.1. The minimum atomic E-state index is -0.153. The Labute approximate surface area is 447 Å². The first-order chi connectivity index (χ1) is 36.3. The van der Waals surface area contributed by atoms with E-state index in [1.165, 1.54) is 154 Å². The van der Waals surface area contributed by atoms with E-state index in [0.29, 0.717) is 70.3 Å². The van der Waals surface area contributed by atoms with Crippen LogP contribution in [0, 0.1) is 11.8 Å². The molecule has 0 radical (unpaired) electrons. The third kappa shape index (κ3) is 17.5. The molecule has 4 N–H and O–H groups in total. The molecular weight excluding hydrogens is 917 g/mol. The van der Waals surface area contributed by atoms with Gasteiger partial charge < -0.3 is 30.1 Å². The van der Waals surface area contributed by atoms with E-state index >= 15 is 9.59 Å². The van der Waals surface area contributed by atoms with Gasteiger partial charge >= 0.3 is 0 Å². The topological polar surface area (TPSA) is 145 Å². The molecule has 0 saturated carbocycles. The summed E-state index contributed by atoms with van der Waals surface area (Å²) in [6.07, 6.45) is 42.3. The Hall–Kier alpha value is -5.12. The zero-order valence-electron chi connectivity index (χ0n) is 46.5. The maximum atomic E-state index is 15.8. The number of carbonyl (C=O) groups is 2. The molecule has 10 nitrogen and oxygen atoms in total. The van der Waals surface area contributed by atoms with E-state index in [9.17, 15) is 0 Å². The minimum absolute atomic E-state index is 0.153. The van der Waals surface area contributed by atoms with Crippen molar-refractivity contribution in [1.29, 1.82) is 0 Å². The molecule has 0 aromatic carbocycles. The molecule has 406 valence electrons. The molecule has 2 unspecified atom stereocenters. The maximum Gasteiger partial charge on any atom is 0.261 e. The van der Waals surface area contributed by atoms with Gasteiger partial charge in [-0.3, -0.25) is 9.59 Å². The first-order valence-electron chi connectivity index (χ1n) is 30.0. The molecule has 74 heavy (non-hydrogen) atoms. The second kappa shape index (κ2) is 32.3. The fourth-order valence-corrected chi connectivity index (χ4v) is 11.3. The van der Waals surface area contributed by atoms with E-state index in [4.69, 9.17) is 20.3 Å². The summed E-state index contributed by atoms with van der Waals surface area (Å²) in [5, 5.41) is 0. The van der Waals surface area contributed by atoms with E-state index in [-0.39, 0.29) is 23.7 Å². The van der Waals surface area contributed by atoms with E-state index in [1.807, 2.05) is 46.2 Å². The molecule has 0 aliphatic carbocycles. The van der Waals surface area contributed by atoms with Crippen molar-refractivity contribution in [1.82, 2.24) is 19.8 Å². The Balaban J connectivity index is 1.39. The van der Waals surface area contributed by atoms with E-state index in [1.54, 1.807) is 24.5 Å². The number of carbonyl (C=O) groups excluding carboxylic acids is 2. The van der Waals surface area contributed by atoms with Gasteiger partial charge in [0.2, 0.25) is 0 Å². The van der Waals surface area contributed by atoms with Crippen molar-refractivity contribution in [2.75, 3.05) is 24.6 Å². The molecule has 0 fully saturated rings. The fraction of sp³-hybridized carbons (Fsp3) is 0.625. The molecule has 4 aromatic rings. The summed E-state index contributed by atoms with van der Waals surface area (Å²) >= 11 is 0. The van der Waals surface area contributed by atoms with Gasteiger partial charge in [-0.25, -0.2) is 9.97 Å². The number of rotatable bonds is 40. The molecular formula is C64H96N6O4. The summed E-state index contributed by atoms with van der Waals surface area (Å²) in [4.78, 5) is 44.1. The average Bonchev–Trinajstić information content (AvgIpc) is 4.21. The van der Waals surface area contributed by atoms with Crippen LogP contribution in [0.1, 0.15) is 245 Å². The number of anilines is 2. The van der Waals surface area contributed by atoms with E-state index in [2.05, 4.69) is 37.7 Å². The molecule has 0 saturated heterocycles. The first-order valence-corrected chi connectivity index (χ1v) is 30.0. The smallest absolute Gasteiger partial charge is 0.261 e. The molecule has 0 spiro atoms. The number of nitrogens with two attached hydrogens (primary N) is 2. The van der Waals surface area contributed by atoms with Crippen LogP contribution in [-0.2, 0) is 9.59 Å². The highest BCUT2D eigenvalue weighted by molar-refractivity contribution is 6.30. The predicted octanol–water partition coefficient (Wildman–Crippen LogP) is 17.8. The second-order valence-corrected chi connectivity index (χ2v) is 21.9. The zero-order valence-corrected chi connectivity index (χ0v) is 46.5. The Bertz CT molecular complexity index is 2150. The van der Waals surface area contributed by atoms with Crippen molar-refractivity contribution in [2.24, 2.45) is 11.8 Å². The first kappa shape index (κ1) is 58.1. The van der Waals surface area contributed by atoms with Gasteiger partial charge in [-0.05, 0) is 86.1 Å². The van der Waals surface area contributed by atoms with Crippen LogP contribution in [0.15, 0.2) is 80.9 Å². The monoisotopic (exact) mass is 1010 g/mol. The summed E-state index contributed by atoms with van der Waals surface area (Å²) in [7, 11) is 0. The lowest BCUT2D eigenvalue weighted by Crippen LogP contribution is -2.34. The van der Waals surface area contributed by atoms with Crippen molar-refractivity contribution in [3.8, 4) is 22.6 Å². The normalized spacial score (nSPS) is 14.6. The van der Waals surface area contributed by atoms with Crippen molar-refractivity contribution < 1.29 is 18.4 Å². The minimum Gasteiger partial charge on any atom is -0.454 e. The molecule has 2 aliphatic rings. The Kier molecular flexibility index (Phi) is 25.4. The molecule has 10 heteroatoms. The summed E-state index contributed by atoms with van der Waals surface area (Å²) < 4.78 is 13.5. The highest BCUT2D eigenvalue weighted by Crippen LogP contribution is 2.49. The quantitative estimate of drug-likeness (QED) is 0.0419. The standard InChI is InChI=1S/C64H96N6O4/c1-5-9-13-17-21-23-27-31-35-49(33-29-25-19-15-11-7-3)47-69-61(55-41-39-53(73-55)51-37-43-57(65)67-45-51)59-60(63(69)71)62(56-42-40-54(74-56)52-38-44-58(66)68-46-52)70(64(59)72)48-50(34-30-26-20-16-12-8-4)36-32-28-24-22-18-14-10-6-2/h37-46,49-50H,5-36,47-48H2,1-4H3,(H2,65,67)(H2,66,68). The summed E-state index contributed by atoms with van der Waals surface area (Å²) in [5.74, 6) is 3.31. The highest BCUT2D eigenvalue weighted by Gasteiger charge is 2.51. The van der Waals surface area contributed by atoms with Crippen LogP contribution in [-0.4, -0.2) is 44.7 Å².